The van der Waals surface area contributed by atoms with E-state index < -0.39 is 12.1 Å². The maximum Gasteiger partial charge on any atom is 0.313 e. The summed E-state index contributed by atoms with van der Waals surface area (Å²) < 4.78 is 4.81. The third-order valence-electron chi connectivity index (χ3n) is 5.59. The fourth-order valence-corrected chi connectivity index (χ4v) is 5.30. The molecule has 4 nitrogen and oxygen atoms in total. The van der Waals surface area contributed by atoms with Crippen LogP contribution in [0.1, 0.15) is 51.9 Å². The average Bonchev–Trinajstić information content (AvgIpc) is 2.36. The molecular weight excluding hydrogens is 256 g/mol. The molecule has 0 saturated heterocycles. The van der Waals surface area contributed by atoms with Gasteiger partial charge in [-0.05, 0) is 63.2 Å². The summed E-state index contributed by atoms with van der Waals surface area (Å²) in [6.45, 7) is 2.00. The molecule has 4 saturated carbocycles. The Balaban J connectivity index is 1.68. The van der Waals surface area contributed by atoms with E-state index in [9.17, 15) is 14.7 Å². The van der Waals surface area contributed by atoms with Gasteiger partial charge in [0, 0.05) is 5.41 Å². The van der Waals surface area contributed by atoms with Crippen molar-refractivity contribution in [1.29, 1.82) is 0 Å². The van der Waals surface area contributed by atoms with Gasteiger partial charge in [0.15, 0.2) is 5.78 Å². The monoisotopic (exact) mass is 280 g/mol. The van der Waals surface area contributed by atoms with E-state index in [2.05, 4.69) is 0 Å². The summed E-state index contributed by atoms with van der Waals surface area (Å²) in [5, 5.41) is 10.5. The molecule has 4 fully saturated rings. The second-order valence-electron chi connectivity index (χ2n) is 7.13. The van der Waals surface area contributed by atoms with Crippen LogP contribution in [0.4, 0.5) is 0 Å². The van der Waals surface area contributed by atoms with Crippen LogP contribution in [0.5, 0.6) is 0 Å². The minimum Gasteiger partial charge on any atom is -0.466 e. The Labute approximate surface area is 119 Å². The van der Waals surface area contributed by atoms with E-state index in [1.807, 2.05) is 0 Å². The molecule has 112 valence electrons. The lowest BCUT2D eigenvalue weighted by atomic mass is 9.48. The van der Waals surface area contributed by atoms with Gasteiger partial charge in [-0.1, -0.05) is 0 Å². The van der Waals surface area contributed by atoms with Crippen LogP contribution in [0.2, 0.25) is 0 Å². The number of hydrogen-bond donors (Lipinski definition) is 1. The van der Waals surface area contributed by atoms with Crippen molar-refractivity contribution in [1.82, 2.24) is 0 Å². The summed E-state index contributed by atoms with van der Waals surface area (Å²) in [6, 6.07) is 0. The lowest BCUT2D eigenvalue weighted by Gasteiger charge is -2.58. The fourth-order valence-electron chi connectivity index (χ4n) is 5.30. The van der Waals surface area contributed by atoms with Gasteiger partial charge in [-0.2, -0.15) is 0 Å². The molecule has 0 radical (unpaired) electrons. The molecule has 0 aliphatic heterocycles. The van der Waals surface area contributed by atoms with Crippen LogP contribution in [-0.2, 0) is 14.3 Å². The van der Waals surface area contributed by atoms with Gasteiger partial charge in [-0.3, -0.25) is 9.59 Å². The number of esters is 1. The van der Waals surface area contributed by atoms with E-state index in [1.54, 1.807) is 6.92 Å². The van der Waals surface area contributed by atoms with Gasteiger partial charge in [0.1, 0.15) is 12.5 Å². The lowest BCUT2D eigenvalue weighted by molar-refractivity contribution is -0.158. The van der Waals surface area contributed by atoms with E-state index in [0.717, 1.165) is 19.3 Å². The normalized spacial score (nSPS) is 39.6. The smallest absolute Gasteiger partial charge is 0.313 e. The van der Waals surface area contributed by atoms with E-state index >= 15 is 0 Å². The number of aliphatic hydroxyl groups is 1. The Morgan fingerprint density at radius 1 is 1.15 bits per heavy atom. The van der Waals surface area contributed by atoms with Crippen molar-refractivity contribution in [3.8, 4) is 0 Å². The molecule has 0 aromatic carbocycles. The minimum atomic E-state index is -0.972. The van der Waals surface area contributed by atoms with Crippen molar-refractivity contribution in [2.45, 2.75) is 58.0 Å². The number of ketones is 1. The van der Waals surface area contributed by atoms with Crippen molar-refractivity contribution in [2.75, 3.05) is 6.61 Å². The molecular formula is C16H24O4. The van der Waals surface area contributed by atoms with Crippen molar-refractivity contribution < 1.29 is 19.4 Å². The van der Waals surface area contributed by atoms with Crippen LogP contribution < -0.4 is 0 Å². The first kappa shape index (κ1) is 14.1. The van der Waals surface area contributed by atoms with Gasteiger partial charge in [-0.15, -0.1) is 0 Å². The first-order chi connectivity index (χ1) is 9.52. The zero-order chi connectivity index (χ0) is 14.3. The van der Waals surface area contributed by atoms with E-state index in [-0.39, 0.29) is 24.2 Å². The molecule has 0 heterocycles. The number of carbonyl (C=O) groups excluding carboxylic acids is 2. The Hall–Kier alpha value is -0.900. The van der Waals surface area contributed by atoms with Crippen molar-refractivity contribution >= 4 is 11.8 Å². The van der Waals surface area contributed by atoms with Gasteiger partial charge in [0.2, 0.25) is 0 Å². The molecule has 0 spiro atoms. The standard InChI is InChI=1S/C16H24O4/c1-2-20-14(18)6-13(17)15(19)16-7-10-3-11(8-16)5-12(4-10)9-16/h10-12,15,19H,2-9H2,1H3. The largest absolute Gasteiger partial charge is 0.466 e. The third kappa shape index (κ3) is 2.39. The van der Waals surface area contributed by atoms with Crippen LogP contribution in [0.3, 0.4) is 0 Å². The topological polar surface area (TPSA) is 63.6 Å². The first-order valence-corrected chi connectivity index (χ1v) is 7.89. The van der Waals surface area contributed by atoms with E-state index in [4.69, 9.17) is 4.74 Å². The fraction of sp³-hybridized carbons (Fsp3) is 0.875. The highest BCUT2D eigenvalue weighted by Gasteiger charge is 2.55. The highest BCUT2D eigenvalue weighted by Crippen LogP contribution is 2.61. The van der Waals surface area contributed by atoms with E-state index in [1.165, 1.54) is 19.3 Å². The lowest BCUT2D eigenvalue weighted by Crippen LogP contribution is -2.54. The van der Waals surface area contributed by atoms with Gasteiger partial charge in [-0.25, -0.2) is 0 Å². The number of ether oxygens (including phenoxy) is 1. The summed E-state index contributed by atoms with van der Waals surface area (Å²) in [5.41, 5.74) is -0.238. The summed E-state index contributed by atoms with van der Waals surface area (Å²) in [6.07, 6.45) is 5.48. The predicted octanol–water partition coefficient (Wildman–Crippen LogP) is 2.09. The third-order valence-corrected chi connectivity index (χ3v) is 5.59. The number of hydrogen-bond acceptors (Lipinski definition) is 4. The zero-order valence-electron chi connectivity index (χ0n) is 12.1. The van der Waals surface area contributed by atoms with Crippen LogP contribution >= 0.6 is 0 Å². The van der Waals surface area contributed by atoms with E-state index in [0.29, 0.717) is 17.8 Å². The number of Topliss-reactive ketones (excluding diaryl/α,β-unsaturated/α-hetero) is 1. The highest BCUT2D eigenvalue weighted by molar-refractivity contribution is 5.98. The van der Waals surface area contributed by atoms with Gasteiger partial charge >= 0.3 is 5.97 Å². The van der Waals surface area contributed by atoms with Crippen molar-refractivity contribution in [3.63, 3.8) is 0 Å². The molecule has 1 N–H and O–H groups in total. The maximum atomic E-state index is 12.2. The summed E-state index contributed by atoms with van der Waals surface area (Å²) >= 11 is 0. The molecule has 1 atom stereocenters. The van der Waals surface area contributed by atoms with Crippen molar-refractivity contribution in [2.24, 2.45) is 23.2 Å². The Bertz CT molecular complexity index is 379. The highest BCUT2D eigenvalue weighted by atomic mass is 16.5. The maximum absolute atomic E-state index is 12.2. The number of rotatable bonds is 5. The quantitative estimate of drug-likeness (QED) is 0.618. The Morgan fingerprint density at radius 2 is 1.65 bits per heavy atom. The summed E-state index contributed by atoms with van der Waals surface area (Å²) in [5.74, 6) is 1.20. The first-order valence-electron chi connectivity index (χ1n) is 7.89. The number of aliphatic hydroxyl groups excluding tert-OH is 1. The van der Waals surface area contributed by atoms with Crippen LogP contribution in [0.15, 0.2) is 0 Å². The molecule has 4 rings (SSSR count). The molecule has 4 aliphatic carbocycles. The molecule has 20 heavy (non-hydrogen) atoms. The van der Waals surface area contributed by atoms with Crippen LogP contribution in [0.25, 0.3) is 0 Å². The SMILES string of the molecule is CCOC(=O)CC(=O)C(O)C12CC3CC(CC(C3)C1)C2. The molecule has 0 aromatic rings. The van der Waals surface area contributed by atoms with Gasteiger partial charge in [0.05, 0.1) is 6.61 Å². The second-order valence-corrected chi connectivity index (χ2v) is 7.13. The Morgan fingerprint density at radius 3 is 2.10 bits per heavy atom. The van der Waals surface area contributed by atoms with Gasteiger partial charge in [0.25, 0.3) is 0 Å². The summed E-state index contributed by atoms with van der Waals surface area (Å²) in [7, 11) is 0. The molecule has 4 aliphatic rings. The van der Waals surface area contributed by atoms with Crippen LogP contribution in [-0.4, -0.2) is 29.6 Å². The average molecular weight is 280 g/mol. The molecule has 4 bridgehead atoms. The Kier molecular flexibility index (Phi) is 3.61. The van der Waals surface area contributed by atoms with Crippen molar-refractivity contribution in [3.05, 3.63) is 0 Å². The minimum absolute atomic E-state index is 0.238. The molecule has 0 amide bonds. The van der Waals surface area contributed by atoms with Gasteiger partial charge < -0.3 is 9.84 Å². The number of carbonyl (C=O) groups is 2. The summed E-state index contributed by atoms with van der Waals surface area (Å²) in [4.78, 5) is 23.6. The second kappa shape index (κ2) is 5.14. The molecule has 0 aromatic heterocycles. The van der Waals surface area contributed by atoms with Crippen LogP contribution in [0, 0.1) is 23.2 Å². The molecule has 1 unspecified atom stereocenters. The molecule has 4 heteroatoms. The zero-order valence-corrected chi connectivity index (χ0v) is 12.1. The predicted molar refractivity (Wildman–Crippen MR) is 72.9 cm³/mol.